The number of carbonyl (C=O) groups is 1. The number of hydrogen-bond donors (Lipinski definition) is 2. The van der Waals surface area contributed by atoms with Gasteiger partial charge in [0, 0.05) is 18.4 Å². The zero-order valence-corrected chi connectivity index (χ0v) is 16.3. The van der Waals surface area contributed by atoms with Gasteiger partial charge in [-0.2, -0.15) is 0 Å². The minimum absolute atomic E-state index is 0.0303. The minimum atomic E-state index is -0.847. The van der Waals surface area contributed by atoms with Gasteiger partial charge >= 0.3 is 0 Å². The van der Waals surface area contributed by atoms with Gasteiger partial charge in [0.15, 0.2) is 5.78 Å². The first-order valence-electron chi connectivity index (χ1n) is 10.1. The van der Waals surface area contributed by atoms with Crippen LogP contribution < -0.4 is 0 Å². The SMILES string of the molecule is C=CC(O)(CC=C[C@H]1C=CC(=O)[C@@H]1CC=CCCCCO)CCCCC. The topological polar surface area (TPSA) is 57.5 Å². The van der Waals surface area contributed by atoms with Crippen LogP contribution in [0.2, 0.25) is 0 Å². The van der Waals surface area contributed by atoms with E-state index in [1.54, 1.807) is 12.2 Å². The zero-order valence-electron chi connectivity index (χ0n) is 16.3. The fourth-order valence-corrected chi connectivity index (χ4v) is 3.26. The van der Waals surface area contributed by atoms with Crippen molar-refractivity contribution in [1.82, 2.24) is 0 Å². The van der Waals surface area contributed by atoms with Gasteiger partial charge < -0.3 is 10.2 Å². The zero-order chi connectivity index (χ0) is 19.3. The molecule has 3 atom stereocenters. The monoisotopic (exact) mass is 360 g/mol. The largest absolute Gasteiger partial charge is 0.396 e. The quantitative estimate of drug-likeness (QED) is 0.342. The van der Waals surface area contributed by atoms with Crippen LogP contribution in [-0.2, 0) is 4.79 Å². The molecule has 1 aliphatic rings. The van der Waals surface area contributed by atoms with Crippen molar-refractivity contribution in [2.45, 2.75) is 70.3 Å². The lowest BCUT2D eigenvalue weighted by Gasteiger charge is -2.23. The summed E-state index contributed by atoms with van der Waals surface area (Å²) in [5.41, 5.74) is -0.847. The first-order chi connectivity index (χ1) is 12.6. The molecule has 0 aromatic rings. The van der Waals surface area contributed by atoms with Crippen molar-refractivity contribution in [2.24, 2.45) is 11.8 Å². The third kappa shape index (κ3) is 8.29. The van der Waals surface area contributed by atoms with Gasteiger partial charge in [-0.05, 0) is 44.6 Å². The van der Waals surface area contributed by atoms with Gasteiger partial charge in [-0.1, -0.05) is 62.6 Å². The maximum atomic E-state index is 12.1. The molecule has 0 aromatic heterocycles. The maximum Gasteiger partial charge on any atom is 0.159 e. The Labute approximate surface area is 159 Å². The van der Waals surface area contributed by atoms with E-state index in [1.807, 2.05) is 12.2 Å². The van der Waals surface area contributed by atoms with Crippen LogP contribution in [0.3, 0.4) is 0 Å². The molecule has 26 heavy (non-hydrogen) atoms. The summed E-state index contributed by atoms with van der Waals surface area (Å²) < 4.78 is 0. The van der Waals surface area contributed by atoms with E-state index in [0.29, 0.717) is 6.42 Å². The normalized spacial score (nSPS) is 22.5. The van der Waals surface area contributed by atoms with E-state index < -0.39 is 5.60 Å². The molecule has 0 aromatic carbocycles. The molecule has 1 rings (SSSR count). The van der Waals surface area contributed by atoms with Gasteiger partial charge in [-0.3, -0.25) is 4.79 Å². The molecule has 0 aliphatic heterocycles. The standard InChI is InChI=1S/C23H36O3/c1-3-5-10-17-23(26,4-2)18-12-13-20-15-16-22(25)21(20)14-9-7-6-8-11-19-24/h4,7,9,12-13,15-16,20-21,24,26H,2-3,5-6,8,10-11,14,17-19H2,1H3/t20-,21+,23?/m0/s1. The smallest absolute Gasteiger partial charge is 0.159 e. The number of ketones is 1. The van der Waals surface area contributed by atoms with Crippen LogP contribution in [0.1, 0.15) is 64.7 Å². The average Bonchev–Trinajstić information content (AvgIpc) is 2.98. The van der Waals surface area contributed by atoms with Crippen molar-refractivity contribution in [3.8, 4) is 0 Å². The number of allylic oxidation sites excluding steroid dienone is 5. The first-order valence-corrected chi connectivity index (χ1v) is 10.1. The van der Waals surface area contributed by atoms with Gasteiger partial charge in [-0.15, -0.1) is 6.58 Å². The van der Waals surface area contributed by atoms with Gasteiger partial charge in [0.2, 0.25) is 0 Å². The molecule has 0 amide bonds. The van der Waals surface area contributed by atoms with E-state index in [4.69, 9.17) is 5.11 Å². The molecule has 146 valence electrons. The van der Waals surface area contributed by atoms with E-state index in [1.165, 1.54) is 0 Å². The highest BCUT2D eigenvalue weighted by molar-refractivity contribution is 5.95. The lowest BCUT2D eigenvalue weighted by atomic mass is 9.88. The molecule has 1 unspecified atom stereocenters. The van der Waals surface area contributed by atoms with Gasteiger partial charge in [0.1, 0.15) is 0 Å². The van der Waals surface area contributed by atoms with Crippen LogP contribution in [0.15, 0.2) is 49.1 Å². The van der Waals surface area contributed by atoms with Gasteiger partial charge in [0.05, 0.1) is 5.60 Å². The highest BCUT2D eigenvalue weighted by atomic mass is 16.3. The molecule has 1 aliphatic carbocycles. The van der Waals surface area contributed by atoms with E-state index in [0.717, 1.165) is 51.4 Å². The summed E-state index contributed by atoms with van der Waals surface area (Å²) in [5, 5.41) is 19.4. The van der Waals surface area contributed by atoms with Crippen LogP contribution in [0, 0.1) is 11.8 Å². The second kappa shape index (κ2) is 12.8. The molecule has 3 heteroatoms. The van der Waals surface area contributed by atoms with E-state index in [-0.39, 0.29) is 24.2 Å². The van der Waals surface area contributed by atoms with Crippen LogP contribution in [0.4, 0.5) is 0 Å². The molecule has 0 saturated heterocycles. The first kappa shape index (κ1) is 22.6. The van der Waals surface area contributed by atoms with Crippen molar-refractivity contribution in [3.05, 3.63) is 49.1 Å². The summed E-state index contributed by atoms with van der Waals surface area (Å²) in [6.07, 6.45) is 21.5. The number of rotatable bonds is 14. The Morgan fingerprint density at radius 1 is 1.19 bits per heavy atom. The van der Waals surface area contributed by atoms with Crippen LogP contribution in [0.5, 0.6) is 0 Å². The van der Waals surface area contributed by atoms with Crippen LogP contribution in [-0.4, -0.2) is 28.2 Å². The van der Waals surface area contributed by atoms with Crippen molar-refractivity contribution in [3.63, 3.8) is 0 Å². The average molecular weight is 361 g/mol. The molecule has 0 saturated carbocycles. The summed E-state index contributed by atoms with van der Waals surface area (Å²) in [6, 6.07) is 0. The van der Waals surface area contributed by atoms with Crippen molar-refractivity contribution in [1.29, 1.82) is 0 Å². The molecular formula is C23H36O3. The van der Waals surface area contributed by atoms with Crippen molar-refractivity contribution < 1.29 is 15.0 Å². The third-order valence-electron chi connectivity index (χ3n) is 5.07. The van der Waals surface area contributed by atoms with E-state index in [9.17, 15) is 9.90 Å². The molecular weight excluding hydrogens is 324 g/mol. The number of unbranched alkanes of at least 4 members (excludes halogenated alkanes) is 4. The Hall–Kier alpha value is -1.45. The Bertz CT molecular complexity index is 504. The van der Waals surface area contributed by atoms with Crippen LogP contribution >= 0.6 is 0 Å². The summed E-state index contributed by atoms with van der Waals surface area (Å²) >= 11 is 0. The Morgan fingerprint density at radius 3 is 2.69 bits per heavy atom. The molecule has 0 bridgehead atoms. The Morgan fingerprint density at radius 2 is 2.00 bits per heavy atom. The van der Waals surface area contributed by atoms with E-state index in [2.05, 4.69) is 31.7 Å². The fraction of sp³-hybridized carbons (Fsp3) is 0.609. The maximum absolute atomic E-state index is 12.1. The van der Waals surface area contributed by atoms with Gasteiger partial charge in [-0.25, -0.2) is 0 Å². The molecule has 2 N–H and O–H groups in total. The second-order valence-corrected chi connectivity index (χ2v) is 7.27. The third-order valence-corrected chi connectivity index (χ3v) is 5.07. The molecule has 0 spiro atoms. The number of hydrogen-bond acceptors (Lipinski definition) is 3. The highest BCUT2D eigenvalue weighted by Crippen LogP contribution is 2.28. The predicted octanol–water partition coefficient (Wildman–Crippen LogP) is 4.91. The molecule has 0 fully saturated rings. The summed E-state index contributed by atoms with van der Waals surface area (Å²) in [7, 11) is 0. The summed E-state index contributed by atoms with van der Waals surface area (Å²) in [5.74, 6) is 0.258. The number of aliphatic hydroxyl groups excluding tert-OH is 1. The molecule has 0 radical (unpaired) electrons. The highest BCUT2D eigenvalue weighted by Gasteiger charge is 2.27. The fourth-order valence-electron chi connectivity index (χ4n) is 3.26. The van der Waals surface area contributed by atoms with E-state index >= 15 is 0 Å². The predicted molar refractivity (Wildman–Crippen MR) is 109 cm³/mol. The van der Waals surface area contributed by atoms with Gasteiger partial charge in [0.25, 0.3) is 0 Å². The van der Waals surface area contributed by atoms with Crippen molar-refractivity contribution in [2.75, 3.05) is 6.61 Å². The molecule has 0 heterocycles. The number of aliphatic hydroxyl groups is 2. The Kier molecular flexibility index (Phi) is 11.1. The summed E-state index contributed by atoms with van der Waals surface area (Å²) in [6.45, 7) is 6.17. The lowest BCUT2D eigenvalue weighted by molar-refractivity contribution is -0.117. The lowest BCUT2D eigenvalue weighted by Crippen LogP contribution is -2.24. The Balaban J connectivity index is 2.49. The number of carbonyl (C=O) groups excluding carboxylic acids is 1. The summed E-state index contributed by atoms with van der Waals surface area (Å²) in [4.78, 5) is 12.1. The minimum Gasteiger partial charge on any atom is -0.396 e. The van der Waals surface area contributed by atoms with Crippen LogP contribution in [0.25, 0.3) is 0 Å². The van der Waals surface area contributed by atoms with Crippen molar-refractivity contribution >= 4 is 5.78 Å². The second-order valence-electron chi connectivity index (χ2n) is 7.27. The molecule has 3 nitrogen and oxygen atoms in total.